The van der Waals surface area contributed by atoms with Crippen molar-refractivity contribution >= 4 is 11.2 Å². The summed E-state index contributed by atoms with van der Waals surface area (Å²) in [6, 6.07) is 3.88. The van der Waals surface area contributed by atoms with Gasteiger partial charge < -0.3 is 10.1 Å². The van der Waals surface area contributed by atoms with Crippen LogP contribution in [0.25, 0.3) is 5.52 Å². The zero-order valence-corrected chi connectivity index (χ0v) is 7.20. The molecule has 3 nitrogen and oxygen atoms in total. The fourth-order valence-electron chi connectivity index (χ4n) is 1.43. The van der Waals surface area contributed by atoms with E-state index in [1.54, 1.807) is 0 Å². The molecule has 0 spiro atoms. The van der Waals surface area contributed by atoms with E-state index in [1.807, 2.05) is 36.6 Å². The van der Waals surface area contributed by atoms with E-state index < -0.39 is 0 Å². The Kier molecular flexibility index (Phi) is 1.33. The van der Waals surface area contributed by atoms with Crippen molar-refractivity contribution in [3.05, 3.63) is 29.8 Å². The van der Waals surface area contributed by atoms with Gasteiger partial charge in [0.25, 0.3) is 0 Å². The van der Waals surface area contributed by atoms with Crippen LogP contribution in [0.5, 0.6) is 0 Å². The summed E-state index contributed by atoms with van der Waals surface area (Å²) in [6.45, 7) is 3.97. The molecule has 0 unspecified atom stereocenters. The molecule has 2 aromatic heterocycles. The first kappa shape index (κ1) is 7.16. The highest BCUT2D eigenvalue weighted by molar-refractivity contribution is 5.56. The predicted molar refractivity (Wildman–Crippen MR) is 49.1 cm³/mol. The normalized spacial score (nSPS) is 10.8. The van der Waals surface area contributed by atoms with Gasteiger partial charge in [-0.15, -0.1) is 0 Å². The Bertz CT molecular complexity index is 429. The zero-order chi connectivity index (χ0) is 8.72. The number of nitrogens with two attached hydrogens (primary N) is 1. The second-order valence-corrected chi connectivity index (χ2v) is 2.96. The highest BCUT2D eigenvalue weighted by atomic mass is 15.0. The molecular formula is C9H11N3. The summed E-state index contributed by atoms with van der Waals surface area (Å²) in [5.74, 6) is 0.981. The average Bonchev–Trinajstić information content (AvgIpc) is 2.28. The van der Waals surface area contributed by atoms with Gasteiger partial charge in [0.1, 0.15) is 5.82 Å². The van der Waals surface area contributed by atoms with Crippen LogP contribution in [0.4, 0.5) is 5.69 Å². The Morgan fingerprint density at radius 3 is 2.83 bits per heavy atom. The summed E-state index contributed by atoms with van der Waals surface area (Å²) >= 11 is 0. The van der Waals surface area contributed by atoms with Gasteiger partial charge in [-0.05, 0) is 26.0 Å². The van der Waals surface area contributed by atoms with E-state index in [1.165, 1.54) is 0 Å². The number of hydrogen-bond donors (Lipinski definition) is 1. The molecule has 3 heteroatoms. The number of anilines is 1. The van der Waals surface area contributed by atoms with Gasteiger partial charge in [-0.25, -0.2) is 4.98 Å². The first-order chi connectivity index (χ1) is 5.68. The Balaban J connectivity index is 2.90. The summed E-state index contributed by atoms with van der Waals surface area (Å²) in [7, 11) is 0. The highest BCUT2D eigenvalue weighted by Gasteiger charge is 2.02. The molecule has 0 bridgehead atoms. The number of aromatic nitrogens is 2. The summed E-state index contributed by atoms with van der Waals surface area (Å²) in [5, 5.41) is 0. The third-order valence-corrected chi connectivity index (χ3v) is 2.02. The van der Waals surface area contributed by atoms with Gasteiger partial charge in [-0.3, -0.25) is 0 Å². The number of nitrogen functional groups attached to an aromatic ring is 1. The van der Waals surface area contributed by atoms with E-state index >= 15 is 0 Å². The molecule has 0 aliphatic carbocycles. The van der Waals surface area contributed by atoms with E-state index in [2.05, 4.69) is 4.98 Å². The van der Waals surface area contributed by atoms with Gasteiger partial charge in [0.2, 0.25) is 0 Å². The number of hydrogen-bond acceptors (Lipinski definition) is 2. The van der Waals surface area contributed by atoms with Crippen LogP contribution in [-0.4, -0.2) is 9.38 Å². The summed E-state index contributed by atoms with van der Waals surface area (Å²) in [5.41, 5.74) is 8.60. The van der Waals surface area contributed by atoms with Gasteiger partial charge in [-0.2, -0.15) is 0 Å². The third-order valence-electron chi connectivity index (χ3n) is 2.02. The van der Waals surface area contributed by atoms with Crippen molar-refractivity contribution in [2.45, 2.75) is 13.8 Å². The molecule has 12 heavy (non-hydrogen) atoms. The lowest BCUT2D eigenvalue weighted by atomic mass is 10.3. The molecule has 2 heterocycles. The number of nitrogens with zero attached hydrogens (tertiary/aromatic N) is 2. The lowest BCUT2D eigenvalue weighted by Gasteiger charge is -1.97. The second kappa shape index (κ2) is 2.24. The van der Waals surface area contributed by atoms with Crippen LogP contribution in [0.15, 0.2) is 18.3 Å². The fraction of sp³-hybridized carbons (Fsp3) is 0.222. The van der Waals surface area contributed by atoms with E-state index in [9.17, 15) is 0 Å². The molecule has 0 amide bonds. The predicted octanol–water partition coefficient (Wildman–Crippen LogP) is 1.53. The maximum atomic E-state index is 5.65. The third kappa shape index (κ3) is 0.863. The monoisotopic (exact) mass is 161 g/mol. The molecule has 0 saturated heterocycles. The quantitative estimate of drug-likeness (QED) is 0.636. The molecule has 62 valence electrons. The van der Waals surface area contributed by atoms with Crippen molar-refractivity contribution in [1.82, 2.24) is 9.38 Å². The minimum Gasteiger partial charge on any atom is -0.398 e. The fourth-order valence-corrected chi connectivity index (χ4v) is 1.43. The van der Waals surface area contributed by atoms with Crippen molar-refractivity contribution in [2.75, 3.05) is 5.73 Å². The number of rotatable bonds is 0. The molecule has 2 aromatic rings. The molecular weight excluding hydrogens is 150 g/mol. The Morgan fingerprint density at radius 2 is 2.08 bits per heavy atom. The van der Waals surface area contributed by atoms with Crippen LogP contribution in [0.2, 0.25) is 0 Å². The van der Waals surface area contributed by atoms with E-state index in [0.717, 1.165) is 22.7 Å². The van der Waals surface area contributed by atoms with Gasteiger partial charge in [0, 0.05) is 11.9 Å². The number of aryl methyl sites for hydroxylation is 2. The van der Waals surface area contributed by atoms with Crippen molar-refractivity contribution < 1.29 is 0 Å². The molecule has 0 aliphatic heterocycles. The minimum atomic E-state index is 0.767. The molecule has 0 fully saturated rings. The van der Waals surface area contributed by atoms with E-state index in [4.69, 9.17) is 5.73 Å². The van der Waals surface area contributed by atoms with Crippen molar-refractivity contribution in [3.8, 4) is 0 Å². The van der Waals surface area contributed by atoms with Gasteiger partial charge in [0.15, 0.2) is 0 Å². The zero-order valence-electron chi connectivity index (χ0n) is 7.20. The largest absolute Gasteiger partial charge is 0.398 e. The maximum Gasteiger partial charge on any atom is 0.110 e. The van der Waals surface area contributed by atoms with Gasteiger partial charge in [-0.1, -0.05) is 0 Å². The lowest BCUT2D eigenvalue weighted by molar-refractivity contribution is 1.04. The molecule has 0 saturated carbocycles. The second-order valence-electron chi connectivity index (χ2n) is 2.96. The van der Waals surface area contributed by atoms with Crippen LogP contribution in [0.3, 0.4) is 0 Å². The molecule has 0 aliphatic rings. The maximum absolute atomic E-state index is 5.65. The topological polar surface area (TPSA) is 43.3 Å². The van der Waals surface area contributed by atoms with Gasteiger partial charge in [0.05, 0.1) is 11.2 Å². The Labute approximate surface area is 70.8 Å². The standard InChI is InChI=1S/C9H11N3/c1-6-9-4-3-8(10)5-12(9)7(2)11-6/h3-5H,10H2,1-2H3. The molecule has 2 N–H and O–H groups in total. The number of fused-ring (bicyclic) bond motifs is 1. The average molecular weight is 161 g/mol. The smallest absolute Gasteiger partial charge is 0.110 e. The number of pyridine rings is 1. The first-order valence-electron chi connectivity index (χ1n) is 3.89. The van der Waals surface area contributed by atoms with Crippen LogP contribution in [0, 0.1) is 13.8 Å². The minimum absolute atomic E-state index is 0.767. The van der Waals surface area contributed by atoms with Crippen LogP contribution in [-0.2, 0) is 0 Å². The lowest BCUT2D eigenvalue weighted by Crippen LogP contribution is -1.91. The molecule has 0 radical (unpaired) electrons. The summed E-state index contributed by atoms with van der Waals surface area (Å²) in [4.78, 5) is 4.34. The SMILES string of the molecule is Cc1nc(C)n2cc(N)ccc12. The van der Waals surface area contributed by atoms with Crippen LogP contribution >= 0.6 is 0 Å². The summed E-state index contributed by atoms with van der Waals surface area (Å²) < 4.78 is 2.00. The van der Waals surface area contributed by atoms with Crippen molar-refractivity contribution in [1.29, 1.82) is 0 Å². The molecule has 0 atom stereocenters. The Morgan fingerprint density at radius 1 is 1.33 bits per heavy atom. The number of imidazole rings is 1. The van der Waals surface area contributed by atoms with Gasteiger partial charge >= 0.3 is 0 Å². The van der Waals surface area contributed by atoms with Crippen molar-refractivity contribution in [2.24, 2.45) is 0 Å². The Hall–Kier alpha value is -1.51. The van der Waals surface area contributed by atoms with Crippen molar-refractivity contribution in [3.63, 3.8) is 0 Å². The van der Waals surface area contributed by atoms with Crippen LogP contribution in [0.1, 0.15) is 11.5 Å². The molecule has 0 aromatic carbocycles. The summed E-state index contributed by atoms with van der Waals surface area (Å²) in [6.07, 6.45) is 1.89. The first-order valence-corrected chi connectivity index (χ1v) is 3.89. The van der Waals surface area contributed by atoms with E-state index in [0.29, 0.717) is 0 Å². The van der Waals surface area contributed by atoms with Crippen LogP contribution < -0.4 is 5.73 Å². The highest BCUT2D eigenvalue weighted by Crippen LogP contribution is 2.13. The molecule has 2 rings (SSSR count). The van der Waals surface area contributed by atoms with E-state index in [-0.39, 0.29) is 0 Å².